The van der Waals surface area contributed by atoms with Crippen LogP contribution in [0.5, 0.6) is 0 Å². The highest BCUT2D eigenvalue weighted by Crippen LogP contribution is 2.35. The minimum atomic E-state index is -3.66. The molecule has 25 heavy (non-hydrogen) atoms. The second kappa shape index (κ2) is 7.26. The zero-order chi connectivity index (χ0) is 17.9. The Hall–Kier alpha value is -2.36. The standard InChI is InChI=1S/C19H18N2O2S2/c1-2-3-12-21(19-13-16-6-4-5-7-18(16)24-19)25(22,23)17-10-8-15(14-20)9-11-17/h4-11,13H,2-3,12H2,1H3. The molecule has 2 aromatic carbocycles. The summed E-state index contributed by atoms with van der Waals surface area (Å²) >= 11 is 1.48. The Kier molecular flexibility index (Phi) is 5.07. The van der Waals surface area contributed by atoms with E-state index in [1.54, 1.807) is 0 Å². The normalized spacial score (nSPS) is 11.4. The Morgan fingerprint density at radius 1 is 1.12 bits per heavy atom. The van der Waals surface area contributed by atoms with Gasteiger partial charge < -0.3 is 0 Å². The quantitative estimate of drug-likeness (QED) is 0.628. The molecule has 6 heteroatoms. The van der Waals surface area contributed by atoms with Gasteiger partial charge in [-0.05, 0) is 48.2 Å². The molecule has 0 bridgehead atoms. The molecule has 0 atom stereocenters. The van der Waals surface area contributed by atoms with Crippen LogP contribution in [0.25, 0.3) is 10.1 Å². The lowest BCUT2D eigenvalue weighted by molar-refractivity contribution is 0.589. The third kappa shape index (κ3) is 3.53. The summed E-state index contributed by atoms with van der Waals surface area (Å²) < 4.78 is 28.9. The first-order valence-corrected chi connectivity index (χ1v) is 10.3. The molecule has 0 aliphatic rings. The van der Waals surface area contributed by atoms with Crippen LogP contribution in [0.15, 0.2) is 59.5 Å². The molecular formula is C19H18N2O2S2. The highest BCUT2D eigenvalue weighted by Gasteiger charge is 2.26. The van der Waals surface area contributed by atoms with Crippen LogP contribution in [0.3, 0.4) is 0 Å². The van der Waals surface area contributed by atoms with E-state index >= 15 is 0 Å². The maximum Gasteiger partial charge on any atom is 0.264 e. The number of anilines is 1. The van der Waals surface area contributed by atoms with Gasteiger partial charge in [0.2, 0.25) is 0 Å². The topological polar surface area (TPSA) is 61.2 Å². The number of unbranched alkanes of at least 4 members (excludes halogenated alkanes) is 1. The first-order chi connectivity index (χ1) is 12.1. The highest BCUT2D eigenvalue weighted by molar-refractivity contribution is 7.93. The monoisotopic (exact) mass is 370 g/mol. The van der Waals surface area contributed by atoms with Gasteiger partial charge in [-0.15, -0.1) is 11.3 Å². The second-order valence-corrected chi connectivity index (χ2v) is 8.61. The molecule has 0 N–H and O–H groups in total. The van der Waals surface area contributed by atoms with Gasteiger partial charge in [0.25, 0.3) is 10.0 Å². The molecule has 0 fully saturated rings. The van der Waals surface area contributed by atoms with E-state index in [2.05, 4.69) is 0 Å². The van der Waals surface area contributed by atoms with Crippen LogP contribution in [0, 0.1) is 11.3 Å². The lowest BCUT2D eigenvalue weighted by Gasteiger charge is -2.22. The minimum Gasteiger partial charge on any atom is -0.257 e. The summed E-state index contributed by atoms with van der Waals surface area (Å²) in [6.07, 6.45) is 1.69. The van der Waals surface area contributed by atoms with Crippen molar-refractivity contribution in [3.63, 3.8) is 0 Å². The molecule has 1 heterocycles. The van der Waals surface area contributed by atoms with E-state index in [1.807, 2.05) is 43.3 Å². The lowest BCUT2D eigenvalue weighted by atomic mass is 10.2. The lowest BCUT2D eigenvalue weighted by Crippen LogP contribution is -2.31. The first-order valence-electron chi connectivity index (χ1n) is 8.07. The van der Waals surface area contributed by atoms with Crippen LogP contribution >= 0.6 is 11.3 Å². The molecule has 128 valence electrons. The third-order valence-electron chi connectivity index (χ3n) is 3.94. The van der Waals surface area contributed by atoms with Crippen molar-refractivity contribution in [3.8, 4) is 6.07 Å². The summed E-state index contributed by atoms with van der Waals surface area (Å²) in [5.41, 5.74) is 0.445. The van der Waals surface area contributed by atoms with E-state index in [-0.39, 0.29) is 4.90 Å². The van der Waals surface area contributed by atoms with Gasteiger partial charge in [-0.25, -0.2) is 8.42 Å². The van der Waals surface area contributed by atoms with Gasteiger partial charge in [-0.2, -0.15) is 5.26 Å². The van der Waals surface area contributed by atoms with E-state index in [0.717, 1.165) is 27.9 Å². The average Bonchev–Trinajstić information content (AvgIpc) is 3.05. The molecule has 0 amide bonds. The van der Waals surface area contributed by atoms with Crippen molar-refractivity contribution in [2.45, 2.75) is 24.7 Å². The van der Waals surface area contributed by atoms with Crippen LogP contribution in [-0.4, -0.2) is 15.0 Å². The van der Waals surface area contributed by atoms with Crippen molar-refractivity contribution >= 4 is 36.4 Å². The predicted octanol–water partition coefficient (Wildman–Crippen LogP) is 4.77. The van der Waals surface area contributed by atoms with E-state index in [4.69, 9.17) is 5.26 Å². The molecule has 0 saturated carbocycles. The van der Waals surface area contributed by atoms with Crippen LogP contribution in [-0.2, 0) is 10.0 Å². The number of rotatable bonds is 6. The second-order valence-electron chi connectivity index (χ2n) is 5.69. The number of thiophene rings is 1. The molecule has 3 rings (SSSR count). The molecule has 1 aromatic heterocycles. The van der Waals surface area contributed by atoms with Crippen LogP contribution in [0.2, 0.25) is 0 Å². The predicted molar refractivity (Wildman–Crippen MR) is 102 cm³/mol. The van der Waals surface area contributed by atoms with Gasteiger partial charge in [0.15, 0.2) is 0 Å². The van der Waals surface area contributed by atoms with E-state index < -0.39 is 10.0 Å². The summed E-state index contributed by atoms with van der Waals surface area (Å²) in [4.78, 5) is 0.208. The molecule has 0 radical (unpaired) electrons. The fourth-order valence-corrected chi connectivity index (χ4v) is 5.37. The van der Waals surface area contributed by atoms with Crippen molar-refractivity contribution in [1.82, 2.24) is 0 Å². The number of hydrogen-bond acceptors (Lipinski definition) is 4. The van der Waals surface area contributed by atoms with Crippen molar-refractivity contribution in [1.29, 1.82) is 5.26 Å². The number of sulfonamides is 1. The van der Waals surface area contributed by atoms with Gasteiger partial charge in [-0.1, -0.05) is 31.5 Å². The largest absolute Gasteiger partial charge is 0.264 e. The molecule has 0 aliphatic carbocycles. The van der Waals surface area contributed by atoms with Crippen molar-refractivity contribution in [2.24, 2.45) is 0 Å². The van der Waals surface area contributed by atoms with E-state index in [1.165, 1.54) is 39.9 Å². The number of benzene rings is 2. The first kappa shape index (κ1) is 17.5. The molecule has 4 nitrogen and oxygen atoms in total. The molecule has 0 unspecified atom stereocenters. The van der Waals surface area contributed by atoms with Gasteiger partial charge in [0, 0.05) is 11.2 Å². The van der Waals surface area contributed by atoms with Crippen LogP contribution < -0.4 is 4.31 Å². The third-order valence-corrected chi connectivity index (χ3v) is 7.03. The Morgan fingerprint density at radius 3 is 2.48 bits per heavy atom. The molecule has 3 aromatic rings. The summed E-state index contributed by atoms with van der Waals surface area (Å²) in [6, 6.07) is 17.9. The number of nitriles is 1. The Labute approximate surface area is 152 Å². The van der Waals surface area contributed by atoms with E-state index in [9.17, 15) is 8.42 Å². The van der Waals surface area contributed by atoms with Gasteiger partial charge in [-0.3, -0.25) is 4.31 Å². The average molecular weight is 370 g/mol. The van der Waals surface area contributed by atoms with Gasteiger partial charge in [0.1, 0.15) is 5.00 Å². The van der Waals surface area contributed by atoms with Crippen LogP contribution in [0.1, 0.15) is 25.3 Å². The summed E-state index contributed by atoms with van der Waals surface area (Å²) in [6.45, 7) is 2.48. The van der Waals surface area contributed by atoms with Crippen LogP contribution in [0.4, 0.5) is 5.00 Å². The zero-order valence-corrected chi connectivity index (χ0v) is 15.5. The fourth-order valence-electron chi connectivity index (χ4n) is 2.57. The van der Waals surface area contributed by atoms with Crippen molar-refractivity contribution in [3.05, 3.63) is 60.2 Å². The molecule has 0 saturated heterocycles. The summed E-state index contributed by atoms with van der Waals surface area (Å²) in [5, 5.41) is 10.7. The number of nitrogens with zero attached hydrogens (tertiary/aromatic N) is 2. The van der Waals surface area contributed by atoms with Crippen molar-refractivity contribution < 1.29 is 8.42 Å². The van der Waals surface area contributed by atoms with Gasteiger partial charge in [0.05, 0.1) is 16.5 Å². The fraction of sp³-hybridized carbons (Fsp3) is 0.211. The van der Waals surface area contributed by atoms with E-state index in [0.29, 0.717) is 12.1 Å². The summed E-state index contributed by atoms with van der Waals surface area (Å²) in [7, 11) is -3.66. The SMILES string of the molecule is CCCCN(c1cc2ccccc2s1)S(=O)(=O)c1ccc(C#N)cc1. The number of hydrogen-bond donors (Lipinski definition) is 0. The maximum absolute atomic E-state index is 13.2. The Bertz CT molecular complexity index is 983. The molecule has 0 aliphatic heterocycles. The maximum atomic E-state index is 13.2. The number of fused-ring (bicyclic) bond motifs is 1. The van der Waals surface area contributed by atoms with Gasteiger partial charge >= 0.3 is 0 Å². The van der Waals surface area contributed by atoms with Crippen molar-refractivity contribution in [2.75, 3.05) is 10.8 Å². The molecular weight excluding hydrogens is 352 g/mol. The Balaban J connectivity index is 2.05. The Morgan fingerprint density at radius 2 is 1.84 bits per heavy atom. The summed E-state index contributed by atoms with van der Waals surface area (Å²) in [5.74, 6) is 0. The minimum absolute atomic E-state index is 0.208. The zero-order valence-electron chi connectivity index (χ0n) is 13.8. The highest BCUT2D eigenvalue weighted by atomic mass is 32.2. The molecule has 0 spiro atoms. The smallest absolute Gasteiger partial charge is 0.257 e.